The van der Waals surface area contributed by atoms with Crippen LogP contribution in [0.25, 0.3) is 0 Å². The summed E-state index contributed by atoms with van der Waals surface area (Å²) in [6, 6.07) is 7.01. The van der Waals surface area contributed by atoms with Crippen LogP contribution in [0.1, 0.15) is 12.0 Å². The third-order valence-electron chi connectivity index (χ3n) is 3.56. The van der Waals surface area contributed by atoms with Crippen LogP contribution in [0.2, 0.25) is 0 Å². The van der Waals surface area contributed by atoms with E-state index in [4.69, 9.17) is 9.84 Å². The highest BCUT2D eigenvalue weighted by molar-refractivity contribution is 5.92. The van der Waals surface area contributed by atoms with E-state index < -0.39 is 12.0 Å². The van der Waals surface area contributed by atoms with Crippen molar-refractivity contribution in [2.45, 2.75) is 19.4 Å². The van der Waals surface area contributed by atoms with Gasteiger partial charge in [0.15, 0.2) is 0 Å². The van der Waals surface area contributed by atoms with Gasteiger partial charge in [-0.3, -0.25) is 9.69 Å². The van der Waals surface area contributed by atoms with Gasteiger partial charge in [-0.15, -0.1) is 0 Å². The molecule has 1 aromatic carbocycles. The van der Waals surface area contributed by atoms with Gasteiger partial charge in [-0.05, 0) is 24.6 Å². The van der Waals surface area contributed by atoms with E-state index in [9.17, 15) is 9.59 Å². The number of rotatable bonds is 3. The molecular weight excluding hydrogens is 272 g/mol. The molecule has 1 unspecified atom stereocenters. The normalized spacial score (nSPS) is 18.4. The van der Waals surface area contributed by atoms with E-state index in [0.717, 1.165) is 11.3 Å². The number of hydrogen-bond acceptors (Lipinski definition) is 3. The van der Waals surface area contributed by atoms with Crippen molar-refractivity contribution in [2.24, 2.45) is 0 Å². The molecule has 1 atom stereocenters. The fourth-order valence-electron chi connectivity index (χ4n) is 2.42. The largest absolute Gasteiger partial charge is 0.481 e. The van der Waals surface area contributed by atoms with Gasteiger partial charge in [-0.2, -0.15) is 0 Å². The van der Waals surface area contributed by atoms with Crippen LogP contribution in [0.4, 0.5) is 10.5 Å². The SMILES string of the molecule is Cc1cccc(N(C)C(=O)N2CCOCC2CC(=O)O)c1. The Balaban J connectivity index is 2.14. The van der Waals surface area contributed by atoms with Crippen LogP contribution in [-0.4, -0.2) is 54.9 Å². The number of amides is 2. The highest BCUT2D eigenvalue weighted by Gasteiger charge is 2.31. The number of morpholine rings is 1. The highest BCUT2D eigenvalue weighted by atomic mass is 16.5. The van der Waals surface area contributed by atoms with Gasteiger partial charge in [0, 0.05) is 19.3 Å². The number of nitrogens with zero attached hydrogens (tertiary/aromatic N) is 2. The van der Waals surface area contributed by atoms with Gasteiger partial charge in [-0.25, -0.2) is 4.79 Å². The van der Waals surface area contributed by atoms with E-state index in [1.165, 1.54) is 0 Å². The zero-order chi connectivity index (χ0) is 15.4. The molecule has 1 aromatic rings. The molecule has 1 heterocycles. The number of ether oxygens (including phenoxy) is 1. The van der Waals surface area contributed by atoms with Gasteiger partial charge in [0.05, 0.1) is 25.7 Å². The van der Waals surface area contributed by atoms with E-state index in [-0.39, 0.29) is 19.1 Å². The standard InChI is InChI=1S/C15H20N2O4/c1-11-4-3-5-12(8-11)16(2)15(20)17-6-7-21-10-13(17)9-14(18)19/h3-5,8,13H,6-7,9-10H2,1-2H3,(H,18,19). The number of aryl methyl sites for hydroxylation is 1. The Bertz CT molecular complexity index is 532. The molecule has 2 amide bonds. The maximum Gasteiger partial charge on any atom is 0.324 e. The third kappa shape index (κ3) is 3.72. The molecule has 1 saturated heterocycles. The summed E-state index contributed by atoms with van der Waals surface area (Å²) in [5, 5.41) is 8.95. The molecule has 0 radical (unpaired) electrons. The highest BCUT2D eigenvalue weighted by Crippen LogP contribution is 2.19. The fraction of sp³-hybridized carbons (Fsp3) is 0.467. The molecule has 1 N–H and O–H groups in total. The average Bonchev–Trinajstić information content (AvgIpc) is 2.46. The molecule has 0 aliphatic carbocycles. The maximum atomic E-state index is 12.6. The molecule has 6 heteroatoms. The first-order valence-corrected chi connectivity index (χ1v) is 6.89. The quantitative estimate of drug-likeness (QED) is 0.921. The molecule has 0 bridgehead atoms. The van der Waals surface area contributed by atoms with E-state index >= 15 is 0 Å². The van der Waals surface area contributed by atoms with Crippen molar-refractivity contribution in [3.05, 3.63) is 29.8 Å². The lowest BCUT2D eigenvalue weighted by Gasteiger charge is -2.37. The summed E-state index contributed by atoms with van der Waals surface area (Å²) in [6.45, 7) is 3.07. The lowest BCUT2D eigenvalue weighted by Crippen LogP contribution is -2.53. The average molecular weight is 292 g/mol. The van der Waals surface area contributed by atoms with Crippen LogP contribution in [-0.2, 0) is 9.53 Å². The summed E-state index contributed by atoms with van der Waals surface area (Å²) in [5.74, 6) is -0.929. The summed E-state index contributed by atoms with van der Waals surface area (Å²) in [4.78, 5) is 26.7. The molecule has 6 nitrogen and oxygen atoms in total. The van der Waals surface area contributed by atoms with Crippen LogP contribution in [0.3, 0.4) is 0 Å². The predicted octanol–water partition coefficient (Wildman–Crippen LogP) is 1.73. The second-order valence-electron chi connectivity index (χ2n) is 5.20. The molecule has 0 spiro atoms. The fourth-order valence-corrected chi connectivity index (χ4v) is 2.42. The second kappa shape index (κ2) is 6.58. The minimum atomic E-state index is -0.929. The molecule has 0 saturated carbocycles. The Morgan fingerprint density at radius 3 is 2.90 bits per heavy atom. The van der Waals surface area contributed by atoms with E-state index in [1.807, 2.05) is 31.2 Å². The number of aliphatic carboxylic acids is 1. The van der Waals surface area contributed by atoms with Crippen molar-refractivity contribution in [3.8, 4) is 0 Å². The first kappa shape index (κ1) is 15.3. The zero-order valence-electron chi connectivity index (χ0n) is 12.3. The summed E-state index contributed by atoms with van der Waals surface area (Å²) in [5.41, 5.74) is 1.86. The summed E-state index contributed by atoms with van der Waals surface area (Å²) < 4.78 is 5.29. The number of carbonyl (C=O) groups is 2. The van der Waals surface area contributed by atoms with Gasteiger partial charge in [0.1, 0.15) is 0 Å². The minimum Gasteiger partial charge on any atom is -0.481 e. The van der Waals surface area contributed by atoms with Gasteiger partial charge >= 0.3 is 12.0 Å². The van der Waals surface area contributed by atoms with Gasteiger partial charge in [0.2, 0.25) is 0 Å². The monoisotopic (exact) mass is 292 g/mol. The number of carboxylic acid groups (broad SMARTS) is 1. The summed E-state index contributed by atoms with van der Waals surface area (Å²) >= 11 is 0. The number of anilines is 1. The Labute approximate surface area is 123 Å². The summed E-state index contributed by atoms with van der Waals surface area (Å²) in [7, 11) is 1.70. The summed E-state index contributed by atoms with van der Waals surface area (Å²) in [6.07, 6.45) is -0.104. The minimum absolute atomic E-state index is 0.104. The Kier molecular flexibility index (Phi) is 4.80. The first-order valence-electron chi connectivity index (χ1n) is 6.89. The van der Waals surface area contributed by atoms with Gasteiger partial charge in [-0.1, -0.05) is 12.1 Å². The second-order valence-corrected chi connectivity index (χ2v) is 5.20. The lowest BCUT2D eigenvalue weighted by molar-refractivity contribution is -0.139. The first-order chi connectivity index (χ1) is 9.99. The van der Waals surface area contributed by atoms with E-state index in [2.05, 4.69) is 0 Å². The predicted molar refractivity (Wildman–Crippen MR) is 78.5 cm³/mol. The van der Waals surface area contributed by atoms with Crippen molar-refractivity contribution < 1.29 is 19.4 Å². The van der Waals surface area contributed by atoms with Crippen LogP contribution >= 0.6 is 0 Å². The maximum absolute atomic E-state index is 12.6. The Morgan fingerprint density at radius 1 is 1.48 bits per heavy atom. The molecular formula is C15H20N2O4. The zero-order valence-corrected chi connectivity index (χ0v) is 12.3. The van der Waals surface area contributed by atoms with Crippen molar-refractivity contribution in [2.75, 3.05) is 31.7 Å². The molecule has 114 valence electrons. The Hall–Kier alpha value is -2.08. The van der Waals surface area contributed by atoms with Crippen molar-refractivity contribution >= 4 is 17.7 Å². The van der Waals surface area contributed by atoms with E-state index in [0.29, 0.717) is 13.2 Å². The molecule has 1 aliphatic heterocycles. The molecule has 1 fully saturated rings. The van der Waals surface area contributed by atoms with Crippen molar-refractivity contribution in [1.82, 2.24) is 4.90 Å². The number of carbonyl (C=O) groups excluding carboxylic acids is 1. The molecule has 2 rings (SSSR count). The van der Waals surface area contributed by atoms with Gasteiger partial charge < -0.3 is 14.7 Å². The number of urea groups is 1. The van der Waals surface area contributed by atoms with Crippen molar-refractivity contribution in [3.63, 3.8) is 0 Å². The smallest absolute Gasteiger partial charge is 0.324 e. The number of benzene rings is 1. The Morgan fingerprint density at radius 2 is 2.24 bits per heavy atom. The molecule has 1 aliphatic rings. The topological polar surface area (TPSA) is 70.1 Å². The van der Waals surface area contributed by atoms with Crippen LogP contribution < -0.4 is 4.90 Å². The number of carboxylic acids is 1. The lowest BCUT2D eigenvalue weighted by atomic mass is 10.1. The van der Waals surface area contributed by atoms with Crippen LogP contribution in [0.15, 0.2) is 24.3 Å². The molecule has 21 heavy (non-hydrogen) atoms. The van der Waals surface area contributed by atoms with Gasteiger partial charge in [0.25, 0.3) is 0 Å². The van der Waals surface area contributed by atoms with Crippen LogP contribution in [0, 0.1) is 6.92 Å². The number of hydrogen-bond donors (Lipinski definition) is 1. The van der Waals surface area contributed by atoms with Crippen LogP contribution in [0.5, 0.6) is 0 Å². The molecule has 0 aromatic heterocycles. The van der Waals surface area contributed by atoms with Crippen molar-refractivity contribution in [1.29, 1.82) is 0 Å². The third-order valence-corrected chi connectivity index (χ3v) is 3.56. The van der Waals surface area contributed by atoms with E-state index in [1.54, 1.807) is 16.8 Å².